The molecule has 0 atom stereocenters. The molecule has 0 unspecified atom stereocenters. The predicted molar refractivity (Wildman–Crippen MR) is 34.2 cm³/mol. The summed E-state index contributed by atoms with van der Waals surface area (Å²) in [4.78, 5) is 0. The largest absolute Gasteiger partial charge is 0.367 e. The van der Waals surface area contributed by atoms with Gasteiger partial charge < -0.3 is 4.74 Å². The molecule has 0 aliphatic rings. The Morgan fingerprint density at radius 1 is 1.78 bits per heavy atom. The third kappa shape index (κ3) is 4.87. The van der Waals surface area contributed by atoms with Gasteiger partial charge >= 0.3 is 0 Å². The highest BCUT2D eigenvalue weighted by Crippen LogP contribution is 1.93. The second-order valence-corrected chi connectivity index (χ2v) is 1.59. The van der Waals surface area contributed by atoms with Gasteiger partial charge in [0.05, 0.1) is 18.6 Å². The Balaban J connectivity index is 3.12. The van der Waals surface area contributed by atoms with Crippen LogP contribution in [0.25, 0.3) is 0 Å². The number of rotatable bonds is 3. The predicted octanol–water partition coefficient (Wildman–Crippen LogP) is 0.754. The van der Waals surface area contributed by atoms with Gasteiger partial charge in [0, 0.05) is 0 Å². The molecule has 2 nitrogen and oxygen atoms in total. The van der Waals surface area contributed by atoms with Gasteiger partial charge in [-0.05, 0) is 6.92 Å². The van der Waals surface area contributed by atoms with Crippen LogP contribution in [-0.2, 0) is 4.74 Å². The van der Waals surface area contributed by atoms with Gasteiger partial charge in [-0.2, -0.15) is 5.26 Å². The minimum Gasteiger partial charge on any atom is -0.367 e. The number of terminal acetylenes is 1. The van der Waals surface area contributed by atoms with Crippen molar-refractivity contribution in [3.05, 3.63) is 5.92 Å². The van der Waals surface area contributed by atoms with Crippen molar-refractivity contribution in [2.24, 2.45) is 0 Å². The van der Waals surface area contributed by atoms with Crippen LogP contribution in [-0.4, -0.2) is 13.2 Å². The first kappa shape index (κ1) is 8.01. The topological polar surface area (TPSA) is 33.0 Å². The van der Waals surface area contributed by atoms with E-state index < -0.39 is 0 Å². The lowest BCUT2D eigenvalue weighted by atomic mass is 10.2. The maximum Gasteiger partial charge on any atom is 0.107 e. The summed E-state index contributed by atoms with van der Waals surface area (Å²) in [6.45, 7) is 2.33. The standard InChI is InChI=1S/C7H8NO/c1-3-4-9-6-7(2)5-8/h1H,4,6H2,2H3. The molecule has 0 bridgehead atoms. The SMILES string of the molecule is C#CCOC[C](C)C#N. The van der Waals surface area contributed by atoms with Crippen LogP contribution in [0, 0.1) is 29.6 Å². The molecule has 0 aromatic heterocycles. The average Bonchev–Trinajstić information content (AvgIpc) is 1.89. The van der Waals surface area contributed by atoms with Crippen LogP contribution in [0.5, 0.6) is 0 Å². The van der Waals surface area contributed by atoms with E-state index in [4.69, 9.17) is 16.4 Å². The van der Waals surface area contributed by atoms with E-state index in [9.17, 15) is 0 Å². The van der Waals surface area contributed by atoms with E-state index in [1.807, 2.05) is 6.07 Å². The summed E-state index contributed by atoms with van der Waals surface area (Å²) < 4.78 is 4.84. The van der Waals surface area contributed by atoms with Crippen LogP contribution in [0.15, 0.2) is 0 Å². The van der Waals surface area contributed by atoms with Gasteiger partial charge in [-0.1, -0.05) is 5.92 Å². The van der Waals surface area contributed by atoms with E-state index in [1.165, 1.54) is 0 Å². The molecule has 0 aliphatic carbocycles. The Labute approximate surface area is 55.4 Å². The number of nitriles is 1. The first-order chi connectivity index (χ1) is 4.31. The lowest BCUT2D eigenvalue weighted by molar-refractivity contribution is 0.183. The van der Waals surface area contributed by atoms with Gasteiger partial charge in [0.15, 0.2) is 0 Å². The van der Waals surface area contributed by atoms with Gasteiger partial charge in [-0.25, -0.2) is 0 Å². The fraction of sp³-hybridized carbons (Fsp3) is 0.429. The molecule has 0 amide bonds. The number of hydrogen-bond donors (Lipinski definition) is 0. The molecule has 0 rings (SSSR count). The second kappa shape index (κ2) is 5.15. The van der Waals surface area contributed by atoms with Crippen LogP contribution in [0.4, 0.5) is 0 Å². The summed E-state index contributed by atoms with van der Waals surface area (Å²) >= 11 is 0. The molecule has 9 heavy (non-hydrogen) atoms. The third-order valence-corrected chi connectivity index (χ3v) is 0.695. The molecule has 1 radical (unpaired) electrons. The Morgan fingerprint density at radius 3 is 2.89 bits per heavy atom. The summed E-state index contributed by atoms with van der Waals surface area (Å²) in [6, 6.07) is 1.95. The highest BCUT2D eigenvalue weighted by Gasteiger charge is 1.97. The molecule has 0 heterocycles. The second-order valence-electron chi connectivity index (χ2n) is 1.59. The van der Waals surface area contributed by atoms with Crippen molar-refractivity contribution in [3.8, 4) is 18.4 Å². The smallest absolute Gasteiger partial charge is 0.107 e. The minimum absolute atomic E-state index is 0.277. The van der Waals surface area contributed by atoms with Gasteiger partial charge in [-0.3, -0.25) is 0 Å². The van der Waals surface area contributed by atoms with Gasteiger partial charge in [0.2, 0.25) is 0 Å². The van der Waals surface area contributed by atoms with Crippen molar-refractivity contribution < 1.29 is 4.74 Å². The lowest BCUT2D eigenvalue weighted by Gasteiger charge is -1.97. The van der Waals surface area contributed by atoms with Gasteiger partial charge in [-0.15, -0.1) is 6.42 Å². The average molecular weight is 122 g/mol. The van der Waals surface area contributed by atoms with E-state index in [2.05, 4.69) is 5.92 Å². The molecule has 2 heteroatoms. The van der Waals surface area contributed by atoms with E-state index in [0.717, 1.165) is 0 Å². The van der Waals surface area contributed by atoms with E-state index >= 15 is 0 Å². The van der Waals surface area contributed by atoms with Crippen LogP contribution in [0.2, 0.25) is 0 Å². The molecule has 0 saturated heterocycles. The first-order valence-corrected chi connectivity index (χ1v) is 2.55. The molecule has 0 aliphatic heterocycles. The molecular weight excluding hydrogens is 114 g/mol. The summed E-state index contributed by atoms with van der Waals surface area (Å²) in [5.74, 6) is 2.95. The number of hydrogen-bond acceptors (Lipinski definition) is 2. The van der Waals surface area contributed by atoms with Gasteiger partial charge in [0.25, 0.3) is 0 Å². The van der Waals surface area contributed by atoms with Crippen LogP contribution < -0.4 is 0 Å². The quantitative estimate of drug-likeness (QED) is 0.409. The van der Waals surface area contributed by atoms with Crippen LogP contribution in [0.3, 0.4) is 0 Å². The minimum atomic E-state index is 0.277. The Bertz CT molecular complexity index is 140. The first-order valence-electron chi connectivity index (χ1n) is 2.55. The molecule has 47 valence electrons. The normalized spacial score (nSPS) is 8.44. The number of ether oxygens (including phenoxy) is 1. The zero-order valence-corrected chi connectivity index (χ0v) is 5.35. The van der Waals surface area contributed by atoms with E-state index in [-0.39, 0.29) is 6.61 Å². The van der Waals surface area contributed by atoms with Crippen molar-refractivity contribution in [3.63, 3.8) is 0 Å². The van der Waals surface area contributed by atoms with E-state index in [0.29, 0.717) is 12.5 Å². The Morgan fingerprint density at radius 2 is 2.44 bits per heavy atom. The van der Waals surface area contributed by atoms with Crippen molar-refractivity contribution in [1.29, 1.82) is 5.26 Å². The fourth-order valence-corrected chi connectivity index (χ4v) is 0.295. The highest BCUT2D eigenvalue weighted by molar-refractivity contribution is 5.07. The van der Waals surface area contributed by atoms with Crippen LogP contribution in [0.1, 0.15) is 6.92 Å². The summed E-state index contributed by atoms with van der Waals surface area (Å²) in [7, 11) is 0. The molecule has 0 N–H and O–H groups in total. The molecule has 0 fully saturated rings. The maximum atomic E-state index is 8.22. The van der Waals surface area contributed by atoms with Crippen LogP contribution >= 0.6 is 0 Å². The van der Waals surface area contributed by atoms with Crippen molar-refractivity contribution in [2.45, 2.75) is 6.92 Å². The highest BCUT2D eigenvalue weighted by atomic mass is 16.5. The summed E-state index contributed by atoms with van der Waals surface area (Å²) in [6.07, 6.45) is 4.89. The fourth-order valence-electron chi connectivity index (χ4n) is 0.295. The molecular formula is C7H8NO. The zero-order chi connectivity index (χ0) is 7.11. The third-order valence-electron chi connectivity index (χ3n) is 0.695. The lowest BCUT2D eigenvalue weighted by Crippen LogP contribution is -2.00. The monoisotopic (exact) mass is 122 g/mol. The summed E-state index contributed by atoms with van der Waals surface area (Å²) in [5, 5.41) is 8.22. The van der Waals surface area contributed by atoms with Crippen molar-refractivity contribution in [2.75, 3.05) is 13.2 Å². The van der Waals surface area contributed by atoms with Gasteiger partial charge in [0.1, 0.15) is 6.61 Å². The maximum absolute atomic E-state index is 8.22. The number of nitrogens with zero attached hydrogens (tertiary/aromatic N) is 1. The Hall–Kier alpha value is -0.990. The molecule has 0 aromatic rings. The van der Waals surface area contributed by atoms with Crippen molar-refractivity contribution in [1.82, 2.24) is 0 Å². The molecule has 0 spiro atoms. The molecule has 0 saturated carbocycles. The van der Waals surface area contributed by atoms with E-state index in [1.54, 1.807) is 6.92 Å². The zero-order valence-electron chi connectivity index (χ0n) is 5.35. The van der Waals surface area contributed by atoms with Crippen molar-refractivity contribution >= 4 is 0 Å². The Kier molecular flexibility index (Phi) is 4.59. The summed E-state index contributed by atoms with van der Waals surface area (Å²) in [5.41, 5.74) is 0. The molecule has 0 aromatic carbocycles.